The molecule has 4 heteroatoms. The van der Waals surface area contributed by atoms with Crippen LogP contribution in [0.5, 0.6) is 0 Å². The number of benzene rings is 2. The van der Waals surface area contributed by atoms with Crippen molar-refractivity contribution in [3.63, 3.8) is 0 Å². The van der Waals surface area contributed by atoms with Gasteiger partial charge in [-0.05, 0) is 18.2 Å². The molecule has 0 aromatic heterocycles. The molecule has 22 heavy (non-hydrogen) atoms. The molecule has 4 rings (SSSR count). The second-order valence-corrected chi connectivity index (χ2v) is 5.34. The number of carbonyl (C=O) groups is 1. The lowest BCUT2D eigenvalue weighted by Crippen LogP contribution is -2.42. The highest BCUT2D eigenvalue weighted by atomic mass is 16.7. The zero-order valence-electron chi connectivity index (χ0n) is 11.8. The number of ether oxygens (including phenoxy) is 1. The van der Waals surface area contributed by atoms with Crippen LogP contribution in [0.15, 0.2) is 73.0 Å². The Morgan fingerprint density at radius 3 is 2.36 bits per heavy atom. The number of hydroxylamine groups is 1. The van der Waals surface area contributed by atoms with E-state index >= 15 is 0 Å². The van der Waals surface area contributed by atoms with Crippen LogP contribution in [0.2, 0.25) is 0 Å². The third-order valence-corrected chi connectivity index (χ3v) is 3.96. The van der Waals surface area contributed by atoms with Crippen LogP contribution in [0.4, 0.5) is 5.69 Å². The number of ketones is 1. The van der Waals surface area contributed by atoms with Crippen molar-refractivity contribution in [3.05, 3.63) is 78.6 Å². The van der Waals surface area contributed by atoms with Crippen LogP contribution in [-0.2, 0) is 9.57 Å². The van der Waals surface area contributed by atoms with Crippen molar-refractivity contribution in [2.24, 2.45) is 0 Å². The van der Waals surface area contributed by atoms with E-state index in [1.807, 2.05) is 66.7 Å². The summed E-state index contributed by atoms with van der Waals surface area (Å²) in [5.74, 6) is 0.000605. The average molecular weight is 293 g/mol. The van der Waals surface area contributed by atoms with E-state index in [-0.39, 0.29) is 18.0 Å². The number of nitrogens with zero attached hydrogens (tertiary/aromatic N) is 1. The number of hydrogen-bond acceptors (Lipinski definition) is 4. The summed E-state index contributed by atoms with van der Waals surface area (Å²) >= 11 is 0. The van der Waals surface area contributed by atoms with E-state index < -0.39 is 6.04 Å². The van der Waals surface area contributed by atoms with Gasteiger partial charge in [-0.1, -0.05) is 48.5 Å². The lowest BCUT2D eigenvalue weighted by atomic mass is 9.97. The summed E-state index contributed by atoms with van der Waals surface area (Å²) in [5, 5.41) is 1.67. The standard InChI is InChI=1S/C18H15NO3/c20-17(13-7-3-1-4-8-13)16-18-15(11-12-21-18)22-19(16)14-9-5-2-6-10-14/h1-12,15-16,18H. The molecule has 1 saturated heterocycles. The Morgan fingerprint density at radius 2 is 1.64 bits per heavy atom. The van der Waals surface area contributed by atoms with Crippen molar-refractivity contribution in [3.8, 4) is 0 Å². The van der Waals surface area contributed by atoms with Gasteiger partial charge in [0.2, 0.25) is 0 Å². The molecule has 2 aliphatic rings. The molecule has 4 nitrogen and oxygen atoms in total. The second-order valence-electron chi connectivity index (χ2n) is 5.34. The average Bonchev–Trinajstić information content (AvgIpc) is 3.16. The van der Waals surface area contributed by atoms with Crippen molar-refractivity contribution in [2.45, 2.75) is 18.2 Å². The third kappa shape index (κ3) is 2.09. The van der Waals surface area contributed by atoms with Crippen molar-refractivity contribution >= 4 is 11.5 Å². The molecular formula is C18H15NO3. The molecule has 0 radical (unpaired) electrons. The lowest BCUT2D eigenvalue weighted by molar-refractivity contribution is 0.0769. The maximum atomic E-state index is 12.9. The summed E-state index contributed by atoms with van der Waals surface area (Å²) in [7, 11) is 0. The first-order valence-electron chi connectivity index (χ1n) is 7.27. The molecule has 0 aliphatic carbocycles. The van der Waals surface area contributed by atoms with E-state index in [1.54, 1.807) is 11.3 Å². The topological polar surface area (TPSA) is 38.8 Å². The Bertz CT molecular complexity index is 699. The van der Waals surface area contributed by atoms with Crippen LogP contribution in [0.3, 0.4) is 0 Å². The van der Waals surface area contributed by atoms with Crippen LogP contribution in [-0.4, -0.2) is 24.0 Å². The Morgan fingerprint density at radius 1 is 0.955 bits per heavy atom. The van der Waals surface area contributed by atoms with Crippen LogP contribution >= 0.6 is 0 Å². The number of rotatable bonds is 3. The predicted octanol–water partition coefficient (Wildman–Crippen LogP) is 2.97. The molecule has 2 heterocycles. The minimum absolute atomic E-state index is 0.000605. The Labute approximate surface area is 128 Å². The maximum Gasteiger partial charge on any atom is 0.191 e. The Hall–Kier alpha value is -2.59. The summed E-state index contributed by atoms with van der Waals surface area (Å²) in [5.41, 5.74) is 1.51. The molecule has 0 amide bonds. The number of Topliss-reactive ketones (excluding diaryl/α,β-unsaturated/α-hetero) is 1. The zero-order chi connectivity index (χ0) is 14.9. The van der Waals surface area contributed by atoms with Gasteiger partial charge < -0.3 is 4.74 Å². The fourth-order valence-corrected chi connectivity index (χ4v) is 2.91. The van der Waals surface area contributed by atoms with Crippen LogP contribution in [0, 0.1) is 0 Å². The minimum Gasteiger partial charge on any atom is -0.492 e. The highest BCUT2D eigenvalue weighted by Crippen LogP contribution is 2.35. The number of anilines is 1. The molecule has 3 atom stereocenters. The van der Waals surface area contributed by atoms with Crippen molar-refractivity contribution < 1.29 is 14.4 Å². The van der Waals surface area contributed by atoms with E-state index in [9.17, 15) is 4.79 Å². The molecule has 0 bridgehead atoms. The Kier molecular flexibility index (Phi) is 3.16. The molecule has 110 valence electrons. The summed E-state index contributed by atoms with van der Waals surface area (Å²) in [6.07, 6.45) is 2.92. The maximum absolute atomic E-state index is 12.9. The van der Waals surface area contributed by atoms with Crippen LogP contribution < -0.4 is 5.06 Å². The second kappa shape index (κ2) is 5.31. The first-order chi connectivity index (χ1) is 10.8. The molecule has 1 fully saturated rings. The van der Waals surface area contributed by atoms with Crippen molar-refractivity contribution in [1.29, 1.82) is 0 Å². The largest absolute Gasteiger partial charge is 0.492 e. The molecule has 2 aromatic rings. The van der Waals surface area contributed by atoms with Crippen LogP contribution in [0.25, 0.3) is 0 Å². The summed E-state index contributed by atoms with van der Waals surface area (Å²) in [6.45, 7) is 0. The molecular weight excluding hydrogens is 278 g/mol. The number of para-hydroxylation sites is 1. The molecule has 0 spiro atoms. The number of carbonyl (C=O) groups excluding carboxylic acids is 1. The Balaban J connectivity index is 1.72. The zero-order valence-corrected chi connectivity index (χ0v) is 11.8. The van der Waals surface area contributed by atoms with Gasteiger partial charge in [-0.15, -0.1) is 0 Å². The highest BCUT2D eigenvalue weighted by Gasteiger charge is 2.50. The first-order valence-corrected chi connectivity index (χ1v) is 7.27. The lowest BCUT2D eigenvalue weighted by Gasteiger charge is -2.25. The molecule has 2 aromatic carbocycles. The van der Waals surface area contributed by atoms with Gasteiger partial charge in [0.15, 0.2) is 17.9 Å². The molecule has 0 saturated carbocycles. The highest BCUT2D eigenvalue weighted by molar-refractivity contribution is 6.02. The normalized spacial score (nSPS) is 25.8. The molecule has 0 N–H and O–H groups in total. The van der Waals surface area contributed by atoms with Gasteiger partial charge in [-0.2, -0.15) is 0 Å². The van der Waals surface area contributed by atoms with Crippen molar-refractivity contribution in [1.82, 2.24) is 0 Å². The smallest absolute Gasteiger partial charge is 0.191 e. The minimum atomic E-state index is -0.496. The molecule has 3 unspecified atom stereocenters. The van der Waals surface area contributed by atoms with Gasteiger partial charge in [-0.3, -0.25) is 9.63 Å². The van der Waals surface area contributed by atoms with Gasteiger partial charge in [0, 0.05) is 5.56 Å². The van der Waals surface area contributed by atoms with Gasteiger partial charge in [0.05, 0.1) is 11.9 Å². The monoisotopic (exact) mass is 293 g/mol. The summed E-state index contributed by atoms with van der Waals surface area (Å²) in [6, 6.07) is 18.4. The predicted molar refractivity (Wildman–Crippen MR) is 82.4 cm³/mol. The van der Waals surface area contributed by atoms with Gasteiger partial charge in [0.25, 0.3) is 0 Å². The van der Waals surface area contributed by atoms with Gasteiger partial charge >= 0.3 is 0 Å². The van der Waals surface area contributed by atoms with Crippen LogP contribution in [0.1, 0.15) is 10.4 Å². The van der Waals surface area contributed by atoms with E-state index in [0.29, 0.717) is 5.56 Å². The molecule has 2 aliphatic heterocycles. The first kappa shape index (κ1) is 13.1. The fraction of sp³-hybridized carbons (Fsp3) is 0.167. The summed E-state index contributed by atoms with van der Waals surface area (Å²) in [4.78, 5) is 18.9. The van der Waals surface area contributed by atoms with E-state index in [1.165, 1.54) is 0 Å². The fourth-order valence-electron chi connectivity index (χ4n) is 2.91. The van der Waals surface area contributed by atoms with E-state index in [4.69, 9.17) is 9.57 Å². The van der Waals surface area contributed by atoms with Gasteiger partial charge in [0.1, 0.15) is 6.10 Å². The number of fused-ring (bicyclic) bond motifs is 1. The van der Waals surface area contributed by atoms with Gasteiger partial charge in [-0.25, -0.2) is 5.06 Å². The van der Waals surface area contributed by atoms with E-state index in [2.05, 4.69) is 0 Å². The SMILES string of the molecule is O=C(c1ccccc1)C1C2OC=CC2ON1c1ccccc1. The van der Waals surface area contributed by atoms with E-state index in [0.717, 1.165) is 5.69 Å². The summed E-state index contributed by atoms with van der Waals surface area (Å²) < 4.78 is 5.62. The number of hydrogen-bond donors (Lipinski definition) is 0. The quantitative estimate of drug-likeness (QED) is 0.816. The van der Waals surface area contributed by atoms with Crippen molar-refractivity contribution in [2.75, 3.05) is 5.06 Å². The third-order valence-electron chi connectivity index (χ3n) is 3.96.